The molecule has 0 aromatic heterocycles. The number of hydrogen-bond donors (Lipinski definition) is 0. The Balaban J connectivity index is 2.09. The molecule has 1 heteroatoms. The highest BCUT2D eigenvalue weighted by Gasteiger charge is 2.32. The lowest BCUT2D eigenvalue weighted by Crippen LogP contribution is -2.35. The van der Waals surface area contributed by atoms with Gasteiger partial charge in [-0.05, 0) is 38.5 Å². The highest BCUT2D eigenvalue weighted by atomic mass is 16.5. The molecule has 0 unspecified atom stereocenters. The zero-order valence-corrected chi connectivity index (χ0v) is 8.13. The maximum Gasteiger partial charge on any atom is 0.0584 e. The van der Waals surface area contributed by atoms with E-state index in [0.717, 1.165) is 11.8 Å². The molecular formula is C10H20O. The fraction of sp³-hybridized carbons (Fsp3) is 1.00. The zero-order chi connectivity index (χ0) is 8.43. The second kappa shape index (κ2) is 3.57. The topological polar surface area (TPSA) is 9.23 Å². The first-order valence-electron chi connectivity index (χ1n) is 4.75. The normalized spacial score (nSPS) is 31.1. The molecule has 1 aliphatic rings. The molecule has 1 nitrogen and oxygen atoms in total. The molecule has 0 aliphatic heterocycles. The second-order valence-corrected chi connectivity index (χ2v) is 4.28. The molecule has 0 saturated heterocycles. The Labute approximate surface area is 70.1 Å². The molecule has 1 fully saturated rings. The summed E-state index contributed by atoms with van der Waals surface area (Å²) in [6.45, 7) is 8.83. The number of rotatable bonds is 3. The molecule has 0 radical (unpaired) electrons. The molecule has 0 heterocycles. The van der Waals surface area contributed by atoms with Crippen molar-refractivity contribution in [2.75, 3.05) is 0 Å². The first-order chi connectivity index (χ1) is 5.09. The van der Waals surface area contributed by atoms with Gasteiger partial charge in [-0.2, -0.15) is 0 Å². The first kappa shape index (κ1) is 9.05. The Bertz CT molecular complexity index is 112. The van der Waals surface area contributed by atoms with Crippen LogP contribution in [0.4, 0.5) is 0 Å². The minimum absolute atomic E-state index is 0.410. The van der Waals surface area contributed by atoms with Crippen molar-refractivity contribution in [2.24, 2.45) is 11.8 Å². The fourth-order valence-corrected chi connectivity index (χ4v) is 1.65. The standard InChI is InChI=1S/C10H20O/c1-7(2)9-5-10(6-9)11-8(3)4/h7-10H,5-6H2,1-4H3. The Hall–Kier alpha value is -0.0400. The average molecular weight is 156 g/mol. The van der Waals surface area contributed by atoms with Gasteiger partial charge in [-0.15, -0.1) is 0 Å². The highest BCUT2D eigenvalue weighted by Crippen LogP contribution is 2.35. The van der Waals surface area contributed by atoms with Gasteiger partial charge in [0.25, 0.3) is 0 Å². The van der Waals surface area contributed by atoms with E-state index in [-0.39, 0.29) is 0 Å². The van der Waals surface area contributed by atoms with Crippen molar-refractivity contribution < 1.29 is 4.74 Å². The third-order valence-corrected chi connectivity index (χ3v) is 2.54. The minimum Gasteiger partial charge on any atom is -0.376 e. The van der Waals surface area contributed by atoms with Gasteiger partial charge in [0.15, 0.2) is 0 Å². The molecule has 0 bridgehead atoms. The monoisotopic (exact) mass is 156 g/mol. The molecule has 0 aromatic rings. The molecule has 11 heavy (non-hydrogen) atoms. The van der Waals surface area contributed by atoms with Crippen LogP contribution in [0.1, 0.15) is 40.5 Å². The zero-order valence-electron chi connectivity index (χ0n) is 8.13. The van der Waals surface area contributed by atoms with Crippen LogP contribution in [0, 0.1) is 11.8 Å². The molecule has 1 rings (SSSR count). The smallest absolute Gasteiger partial charge is 0.0584 e. The van der Waals surface area contributed by atoms with Crippen LogP contribution in [-0.2, 0) is 4.74 Å². The number of ether oxygens (including phenoxy) is 1. The predicted molar refractivity (Wildman–Crippen MR) is 47.6 cm³/mol. The molecule has 0 N–H and O–H groups in total. The summed E-state index contributed by atoms with van der Waals surface area (Å²) in [6, 6.07) is 0. The van der Waals surface area contributed by atoms with E-state index in [1.807, 2.05) is 0 Å². The average Bonchev–Trinajstić information content (AvgIpc) is 1.75. The summed E-state index contributed by atoms with van der Waals surface area (Å²) in [5.74, 6) is 1.78. The molecule has 1 saturated carbocycles. The van der Waals surface area contributed by atoms with E-state index in [4.69, 9.17) is 4.74 Å². The third kappa shape index (κ3) is 2.48. The Morgan fingerprint density at radius 3 is 2.00 bits per heavy atom. The Morgan fingerprint density at radius 1 is 1.09 bits per heavy atom. The molecular weight excluding hydrogens is 136 g/mol. The quantitative estimate of drug-likeness (QED) is 0.610. The van der Waals surface area contributed by atoms with Crippen LogP contribution in [0.15, 0.2) is 0 Å². The van der Waals surface area contributed by atoms with Crippen LogP contribution < -0.4 is 0 Å². The summed E-state index contributed by atoms with van der Waals surface area (Å²) in [4.78, 5) is 0. The first-order valence-corrected chi connectivity index (χ1v) is 4.75. The second-order valence-electron chi connectivity index (χ2n) is 4.28. The summed E-state index contributed by atoms with van der Waals surface area (Å²) in [7, 11) is 0. The van der Waals surface area contributed by atoms with Crippen LogP contribution in [0.25, 0.3) is 0 Å². The van der Waals surface area contributed by atoms with Crippen LogP contribution >= 0.6 is 0 Å². The highest BCUT2D eigenvalue weighted by molar-refractivity contribution is 4.82. The SMILES string of the molecule is CC(C)OC1CC(C(C)C)C1. The van der Waals surface area contributed by atoms with E-state index in [1.54, 1.807) is 0 Å². The van der Waals surface area contributed by atoms with E-state index >= 15 is 0 Å². The summed E-state index contributed by atoms with van der Waals surface area (Å²) in [5.41, 5.74) is 0. The summed E-state index contributed by atoms with van der Waals surface area (Å²) in [6.07, 6.45) is 3.56. The van der Waals surface area contributed by atoms with Crippen LogP contribution in [0.5, 0.6) is 0 Å². The molecule has 0 aromatic carbocycles. The van der Waals surface area contributed by atoms with E-state index in [9.17, 15) is 0 Å². The van der Waals surface area contributed by atoms with Crippen molar-refractivity contribution in [3.63, 3.8) is 0 Å². The largest absolute Gasteiger partial charge is 0.376 e. The van der Waals surface area contributed by atoms with E-state index < -0.39 is 0 Å². The molecule has 0 atom stereocenters. The van der Waals surface area contributed by atoms with Gasteiger partial charge in [0.1, 0.15) is 0 Å². The maximum atomic E-state index is 5.67. The lowest BCUT2D eigenvalue weighted by Gasteiger charge is -2.38. The van der Waals surface area contributed by atoms with Crippen molar-refractivity contribution >= 4 is 0 Å². The fourth-order valence-electron chi connectivity index (χ4n) is 1.65. The molecule has 0 amide bonds. The van der Waals surface area contributed by atoms with Gasteiger partial charge >= 0.3 is 0 Å². The van der Waals surface area contributed by atoms with Gasteiger partial charge in [-0.1, -0.05) is 13.8 Å². The number of hydrogen-bond acceptors (Lipinski definition) is 1. The lowest BCUT2D eigenvalue weighted by molar-refractivity contribution is -0.0718. The molecule has 66 valence electrons. The Morgan fingerprint density at radius 2 is 1.64 bits per heavy atom. The third-order valence-electron chi connectivity index (χ3n) is 2.54. The van der Waals surface area contributed by atoms with E-state index in [1.165, 1.54) is 12.8 Å². The van der Waals surface area contributed by atoms with Gasteiger partial charge in [0.05, 0.1) is 12.2 Å². The van der Waals surface area contributed by atoms with Gasteiger partial charge in [-0.3, -0.25) is 0 Å². The Kier molecular flexibility index (Phi) is 2.94. The van der Waals surface area contributed by atoms with Crippen LogP contribution in [0.3, 0.4) is 0 Å². The van der Waals surface area contributed by atoms with Gasteiger partial charge in [-0.25, -0.2) is 0 Å². The summed E-state index contributed by atoms with van der Waals surface area (Å²) < 4.78 is 5.67. The summed E-state index contributed by atoms with van der Waals surface area (Å²) >= 11 is 0. The van der Waals surface area contributed by atoms with E-state index in [2.05, 4.69) is 27.7 Å². The van der Waals surface area contributed by atoms with Gasteiger partial charge < -0.3 is 4.74 Å². The molecule has 0 spiro atoms. The maximum absolute atomic E-state index is 5.67. The van der Waals surface area contributed by atoms with Crippen LogP contribution in [0.2, 0.25) is 0 Å². The van der Waals surface area contributed by atoms with Crippen molar-refractivity contribution in [1.29, 1.82) is 0 Å². The van der Waals surface area contributed by atoms with Gasteiger partial charge in [0, 0.05) is 0 Å². The lowest BCUT2D eigenvalue weighted by atomic mass is 9.75. The van der Waals surface area contributed by atoms with Crippen molar-refractivity contribution in [3.05, 3.63) is 0 Å². The van der Waals surface area contributed by atoms with Crippen molar-refractivity contribution in [1.82, 2.24) is 0 Å². The van der Waals surface area contributed by atoms with Crippen molar-refractivity contribution in [3.8, 4) is 0 Å². The summed E-state index contributed by atoms with van der Waals surface area (Å²) in [5, 5.41) is 0. The van der Waals surface area contributed by atoms with Crippen LogP contribution in [-0.4, -0.2) is 12.2 Å². The van der Waals surface area contributed by atoms with Crippen molar-refractivity contribution in [2.45, 2.75) is 52.7 Å². The predicted octanol–water partition coefficient (Wildman–Crippen LogP) is 2.85. The molecule has 1 aliphatic carbocycles. The minimum atomic E-state index is 0.410. The van der Waals surface area contributed by atoms with Gasteiger partial charge in [0.2, 0.25) is 0 Å². The van der Waals surface area contributed by atoms with E-state index in [0.29, 0.717) is 12.2 Å².